The molecule has 0 saturated heterocycles. The largest absolute Gasteiger partial charge is 0.542 e. The van der Waals surface area contributed by atoms with Gasteiger partial charge in [-0.2, -0.15) is 6.42 Å². The monoisotopic (exact) mass is 335 g/mol. The molecule has 4 heteroatoms. The Hall–Kier alpha value is -0.536. The molecule has 0 aliphatic carbocycles. The predicted octanol–water partition coefficient (Wildman–Crippen LogP) is 2.53. The third-order valence-electron chi connectivity index (χ3n) is 2.73. The van der Waals surface area contributed by atoms with Gasteiger partial charge in [0.05, 0.1) is 0 Å². The first-order valence-corrected chi connectivity index (χ1v) is 6.45. The zero-order valence-corrected chi connectivity index (χ0v) is 14.3. The summed E-state index contributed by atoms with van der Waals surface area (Å²) in [6.07, 6.45) is 5.32. The van der Waals surface area contributed by atoms with Crippen LogP contribution in [0.25, 0.3) is 0 Å². The number of carbonyl (C=O) groups is 1. The molecule has 1 aromatic carbocycles. The zero-order valence-electron chi connectivity index (χ0n) is 11.4. The Balaban J connectivity index is 0.00000324. The topological polar surface area (TPSA) is 46.2 Å². The van der Waals surface area contributed by atoms with E-state index < -0.39 is 0 Å². The molecule has 0 spiro atoms. The van der Waals surface area contributed by atoms with Crippen LogP contribution in [0.1, 0.15) is 43.7 Å². The first kappa shape index (κ1) is 18.5. The van der Waals surface area contributed by atoms with Crippen molar-refractivity contribution < 1.29 is 42.3 Å². The van der Waals surface area contributed by atoms with E-state index >= 15 is 0 Å². The number of nitrogens with one attached hydrogen (secondary N) is 1. The van der Waals surface area contributed by atoms with Crippen molar-refractivity contribution in [1.82, 2.24) is 5.32 Å². The molecule has 19 heavy (non-hydrogen) atoms. The van der Waals surface area contributed by atoms with Gasteiger partial charge in [-0.25, -0.2) is 0 Å². The van der Waals surface area contributed by atoms with Gasteiger partial charge in [0.1, 0.15) is 0 Å². The Kier molecular flexibility index (Phi) is 11.0. The summed E-state index contributed by atoms with van der Waals surface area (Å²) in [5.41, 5.74) is 2.43. The molecule has 0 aliphatic rings. The minimum absolute atomic E-state index is 0. The third-order valence-corrected chi connectivity index (χ3v) is 2.73. The van der Waals surface area contributed by atoms with Gasteiger partial charge in [-0.3, -0.25) is 11.1 Å². The molecule has 0 saturated carbocycles. The van der Waals surface area contributed by atoms with Crippen molar-refractivity contribution in [2.24, 2.45) is 0 Å². The van der Waals surface area contributed by atoms with E-state index in [1.165, 1.54) is 5.56 Å². The first-order valence-electron chi connectivity index (χ1n) is 6.45. The van der Waals surface area contributed by atoms with E-state index in [0.29, 0.717) is 25.8 Å². The second-order valence-corrected chi connectivity index (χ2v) is 4.34. The van der Waals surface area contributed by atoms with Crippen LogP contribution in [0.2, 0.25) is 0 Å². The molecule has 1 aromatic rings. The van der Waals surface area contributed by atoms with Crippen molar-refractivity contribution in [3.8, 4) is 0 Å². The fourth-order valence-corrected chi connectivity index (χ4v) is 1.72. The van der Waals surface area contributed by atoms with Crippen LogP contribution in [0.5, 0.6) is 0 Å². The van der Waals surface area contributed by atoms with E-state index in [2.05, 4.69) is 24.4 Å². The number of aryl methyl sites for hydroxylation is 1. The van der Waals surface area contributed by atoms with Crippen LogP contribution in [0.3, 0.4) is 0 Å². The van der Waals surface area contributed by atoms with Gasteiger partial charge < -0.3 is 10.1 Å². The van der Waals surface area contributed by atoms with Crippen molar-refractivity contribution in [2.75, 3.05) is 0 Å². The molecule has 0 bridgehead atoms. The molecule has 0 atom stereocenters. The van der Waals surface area contributed by atoms with Crippen LogP contribution in [-0.4, -0.2) is 12.2 Å². The molecule has 101 valence electrons. The maximum Gasteiger partial charge on any atom is 0.220 e. The minimum Gasteiger partial charge on any atom is -0.542 e. The van der Waals surface area contributed by atoms with Gasteiger partial charge in [0.2, 0.25) is 5.91 Å². The Morgan fingerprint density at radius 1 is 1.21 bits per heavy atom. The summed E-state index contributed by atoms with van der Waals surface area (Å²) in [7, 11) is 0. The van der Waals surface area contributed by atoms with E-state index in [1.54, 1.807) is 6.29 Å². The second-order valence-electron chi connectivity index (χ2n) is 4.34. The fourth-order valence-electron chi connectivity index (χ4n) is 1.72. The van der Waals surface area contributed by atoms with Crippen LogP contribution < -0.4 is 5.32 Å². The summed E-state index contributed by atoms with van der Waals surface area (Å²) in [5, 5.41) is 2.84. The number of rotatable bonds is 8. The summed E-state index contributed by atoms with van der Waals surface area (Å²) in [5.74, 6) is -0.0112. The standard InChI is InChI=1S/C15H20NO2.Y/c1-2-5-13-7-9-14(10-8-13)12-16-15(18)6-3-4-11-17;/h7-10H,2-6,12H2,1H3,(H,16,18);/q-1;. The van der Waals surface area contributed by atoms with Crippen molar-refractivity contribution in [3.05, 3.63) is 35.4 Å². The molecule has 0 fully saturated rings. The Morgan fingerprint density at radius 3 is 2.42 bits per heavy atom. The summed E-state index contributed by atoms with van der Waals surface area (Å²) in [6.45, 7) is 2.71. The molecule has 0 aliphatic heterocycles. The first-order chi connectivity index (χ1) is 8.76. The number of carbonyl (C=O) groups excluding carboxylic acids is 2. The van der Waals surface area contributed by atoms with Crippen molar-refractivity contribution in [2.45, 2.75) is 45.6 Å². The number of hydrogen-bond acceptors (Lipinski definition) is 2. The number of amides is 1. The number of benzene rings is 1. The molecular weight excluding hydrogens is 315 g/mol. The molecule has 1 rings (SSSR count). The summed E-state index contributed by atoms with van der Waals surface area (Å²) in [4.78, 5) is 21.4. The quantitative estimate of drug-likeness (QED) is 0.586. The van der Waals surface area contributed by atoms with Crippen LogP contribution in [0.15, 0.2) is 24.3 Å². The average molecular weight is 335 g/mol. The van der Waals surface area contributed by atoms with Crippen LogP contribution in [-0.2, 0) is 55.3 Å². The van der Waals surface area contributed by atoms with E-state index in [9.17, 15) is 9.59 Å². The van der Waals surface area contributed by atoms with E-state index in [4.69, 9.17) is 0 Å². The molecule has 1 N–H and O–H groups in total. The average Bonchev–Trinajstić information content (AvgIpc) is 2.39. The van der Waals surface area contributed by atoms with Gasteiger partial charge >= 0.3 is 0 Å². The molecule has 0 unspecified atom stereocenters. The van der Waals surface area contributed by atoms with Crippen molar-refractivity contribution in [3.63, 3.8) is 0 Å². The van der Waals surface area contributed by atoms with E-state index in [0.717, 1.165) is 18.4 Å². The van der Waals surface area contributed by atoms with E-state index in [-0.39, 0.29) is 38.6 Å². The minimum atomic E-state index is -0.0112. The summed E-state index contributed by atoms with van der Waals surface area (Å²) < 4.78 is 0. The molecule has 1 radical (unpaired) electrons. The van der Waals surface area contributed by atoms with Gasteiger partial charge in [-0.15, -0.1) is 0 Å². The van der Waals surface area contributed by atoms with Gasteiger partial charge in [0.25, 0.3) is 0 Å². The number of unbranched alkanes of at least 4 members (excludes halogenated alkanes) is 1. The second kappa shape index (κ2) is 11.3. The van der Waals surface area contributed by atoms with Gasteiger partial charge in [0, 0.05) is 45.7 Å². The van der Waals surface area contributed by atoms with Gasteiger partial charge in [-0.05, 0) is 17.5 Å². The summed E-state index contributed by atoms with van der Waals surface area (Å²) >= 11 is 0. The predicted molar refractivity (Wildman–Crippen MR) is 71.8 cm³/mol. The fraction of sp³-hybridized carbons (Fsp3) is 0.467. The van der Waals surface area contributed by atoms with Crippen molar-refractivity contribution in [1.29, 1.82) is 0 Å². The maximum absolute atomic E-state index is 11.4. The maximum atomic E-state index is 11.4. The Bertz CT molecular complexity index is 376. The number of hydrogen-bond donors (Lipinski definition) is 1. The molecule has 0 aromatic heterocycles. The molecular formula is C15H20NO2Y-. The van der Waals surface area contributed by atoms with Gasteiger partial charge in [-0.1, -0.05) is 44.0 Å². The van der Waals surface area contributed by atoms with E-state index in [1.807, 2.05) is 12.1 Å². The van der Waals surface area contributed by atoms with Gasteiger partial charge in [0.15, 0.2) is 0 Å². The van der Waals surface area contributed by atoms with Crippen LogP contribution in [0.4, 0.5) is 0 Å². The Morgan fingerprint density at radius 2 is 1.84 bits per heavy atom. The van der Waals surface area contributed by atoms with Crippen molar-refractivity contribution >= 4 is 12.2 Å². The molecule has 0 heterocycles. The van der Waals surface area contributed by atoms with Crippen LogP contribution in [0, 0.1) is 0 Å². The third kappa shape index (κ3) is 8.28. The van der Waals surface area contributed by atoms with Crippen LogP contribution >= 0.6 is 0 Å². The zero-order chi connectivity index (χ0) is 13.2. The normalized spacial score (nSPS) is 9.53. The smallest absolute Gasteiger partial charge is 0.220 e. The molecule has 3 nitrogen and oxygen atoms in total. The molecule has 1 amide bonds. The summed E-state index contributed by atoms with van der Waals surface area (Å²) in [6, 6.07) is 8.30. The SMILES string of the molecule is CCCc1ccc(CNC(=O)CCC[C-]=O)cc1.[Y]. The Labute approximate surface area is 140 Å².